The van der Waals surface area contributed by atoms with Gasteiger partial charge in [0, 0.05) is 28.8 Å². The van der Waals surface area contributed by atoms with E-state index in [1.807, 2.05) is 0 Å². The van der Waals surface area contributed by atoms with Crippen LogP contribution in [-0.2, 0) is 0 Å². The van der Waals surface area contributed by atoms with E-state index in [0.717, 1.165) is 5.75 Å². The molecular formula is C42H33NOSi. The quantitative estimate of drug-likeness (QED) is 0.154. The first-order chi connectivity index (χ1) is 22.3. The van der Waals surface area contributed by atoms with E-state index in [1.165, 1.54) is 43.3 Å². The van der Waals surface area contributed by atoms with Crippen LogP contribution < -0.4 is 25.2 Å². The fourth-order valence-electron chi connectivity index (χ4n) is 8.26. The van der Waals surface area contributed by atoms with Crippen LogP contribution in [0, 0.1) is 0 Å². The predicted molar refractivity (Wildman–Crippen MR) is 188 cm³/mol. The Morgan fingerprint density at radius 2 is 1.13 bits per heavy atom. The fourth-order valence-corrected chi connectivity index (χ4v) is 13.3. The summed E-state index contributed by atoms with van der Waals surface area (Å²) in [4.78, 5) is 2.52. The molecule has 0 N–H and O–H groups in total. The first-order valence-corrected chi connectivity index (χ1v) is 17.9. The number of hydrogen-bond acceptors (Lipinski definition) is 2. The highest BCUT2D eigenvalue weighted by Crippen LogP contribution is 2.51. The summed E-state index contributed by atoms with van der Waals surface area (Å²) in [5.74, 6) is 1.49. The zero-order valence-corrected chi connectivity index (χ0v) is 25.9. The van der Waals surface area contributed by atoms with Gasteiger partial charge in [-0.25, -0.2) is 0 Å². The topological polar surface area (TPSA) is 12.5 Å². The number of ether oxygens (including phenoxy) is 1. The van der Waals surface area contributed by atoms with Crippen LogP contribution in [0.4, 0.5) is 11.4 Å². The van der Waals surface area contributed by atoms with Crippen molar-refractivity contribution >= 4 is 35.0 Å². The summed E-state index contributed by atoms with van der Waals surface area (Å²) in [6, 6.07) is 49.5. The van der Waals surface area contributed by atoms with Gasteiger partial charge >= 0.3 is 0 Å². The molecule has 216 valence electrons. The van der Waals surface area contributed by atoms with Gasteiger partial charge in [0.2, 0.25) is 0 Å². The second-order valence-corrected chi connectivity index (χ2v) is 16.2. The van der Waals surface area contributed by atoms with E-state index in [-0.39, 0.29) is 18.1 Å². The smallest absolute Gasteiger partial charge is 0.179 e. The van der Waals surface area contributed by atoms with Crippen LogP contribution in [-0.4, -0.2) is 20.2 Å². The number of nitrogens with zero attached hydrogens (tertiary/aromatic N) is 1. The summed E-state index contributed by atoms with van der Waals surface area (Å²) in [6.45, 7) is 0. The van der Waals surface area contributed by atoms with Crippen LogP contribution in [0.15, 0.2) is 181 Å². The zero-order chi connectivity index (χ0) is 29.8. The second kappa shape index (κ2) is 10.5. The number of para-hydroxylation sites is 1. The fraction of sp³-hybridized carbons (Fsp3) is 0.0952. The van der Waals surface area contributed by atoms with Gasteiger partial charge < -0.3 is 9.64 Å². The van der Waals surface area contributed by atoms with E-state index < -0.39 is 8.07 Å². The number of fused-ring (bicyclic) bond motifs is 6. The molecule has 0 saturated carbocycles. The average molecular weight is 596 g/mol. The minimum absolute atomic E-state index is 0.0799. The molecule has 2 nitrogen and oxygen atoms in total. The molecule has 4 unspecified atom stereocenters. The number of allylic oxidation sites excluding steroid dienone is 4. The molecule has 0 aromatic heterocycles. The Labute approximate surface area is 266 Å². The first kappa shape index (κ1) is 26.3. The number of hydrogen-bond donors (Lipinski definition) is 0. The van der Waals surface area contributed by atoms with E-state index in [1.54, 1.807) is 0 Å². The molecule has 0 fully saturated rings. The minimum Gasteiger partial charge on any atom is -0.485 e. The summed E-state index contributed by atoms with van der Waals surface area (Å²) in [5.41, 5.74) is 5.18. The summed E-state index contributed by atoms with van der Waals surface area (Å²) in [7, 11) is -2.70. The van der Waals surface area contributed by atoms with Crippen LogP contribution >= 0.6 is 0 Å². The summed E-state index contributed by atoms with van der Waals surface area (Å²) >= 11 is 0. The minimum atomic E-state index is -2.70. The third-order valence-electron chi connectivity index (χ3n) is 10.1. The van der Waals surface area contributed by atoms with Crippen LogP contribution in [0.25, 0.3) is 0 Å². The lowest BCUT2D eigenvalue weighted by molar-refractivity contribution is 0.263. The molecule has 5 aromatic carbocycles. The van der Waals surface area contributed by atoms with E-state index >= 15 is 0 Å². The van der Waals surface area contributed by atoms with Crippen molar-refractivity contribution in [2.24, 2.45) is 0 Å². The maximum atomic E-state index is 7.06. The Morgan fingerprint density at radius 1 is 0.533 bits per heavy atom. The van der Waals surface area contributed by atoms with E-state index in [0.29, 0.717) is 5.92 Å². The SMILES string of the molecule is C1=CC2c3cc(N4c5ccccc5C5C=CC=CC54)ccc3OC2C([Si](c2ccccc2)(c2ccccc2)c2ccccc2)=C1. The number of anilines is 2. The maximum Gasteiger partial charge on any atom is 0.179 e. The second-order valence-electron chi connectivity index (χ2n) is 12.4. The standard InChI is InChI=1S/C42H33NOSi/c1-4-15-31(16-5-1)45(32-17-6-2-7-18-32,33-19-8-3-9-20-33)41-26-14-23-36-37-29-30(27-28-40(37)44-42(36)41)43-38-24-12-10-21-34(38)35-22-11-13-25-39(35)43/h1-29,34,36,38,42H. The van der Waals surface area contributed by atoms with Gasteiger partial charge in [0.05, 0.1) is 6.04 Å². The third-order valence-corrected chi connectivity index (χ3v) is 15.0. The summed E-state index contributed by atoms with van der Waals surface area (Å²) in [5, 5.41) is 5.52. The Kier molecular flexibility index (Phi) is 6.14. The number of rotatable bonds is 5. The highest BCUT2D eigenvalue weighted by molar-refractivity contribution is 7.16. The molecule has 4 aliphatic rings. The maximum absolute atomic E-state index is 7.06. The normalized spacial score (nSPS) is 22.2. The van der Waals surface area contributed by atoms with Gasteiger partial charge in [0.15, 0.2) is 8.07 Å². The van der Waals surface area contributed by atoms with Gasteiger partial charge in [0.1, 0.15) is 11.9 Å². The van der Waals surface area contributed by atoms with Crippen LogP contribution in [0.3, 0.4) is 0 Å². The van der Waals surface area contributed by atoms with Crippen molar-refractivity contribution in [2.75, 3.05) is 4.90 Å². The molecule has 2 aliphatic carbocycles. The monoisotopic (exact) mass is 595 g/mol. The third kappa shape index (κ3) is 3.94. The Morgan fingerprint density at radius 3 is 1.82 bits per heavy atom. The highest BCUT2D eigenvalue weighted by Gasteiger charge is 2.51. The van der Waals surface area contributed by atoms with Gasteiger partial charge in [-0.05, 0) is 50.6 Å². The molecule has 5 aromatic rings. The zero-order valence-electron chi connectivity index (χ0n) is 24.9. The molecular weight excluding hydrogens is 563 g/mol. The Hall–Kier alpha value is -5.12. The van der Waals surface area contributed by atoms with Gasteiger partial charge in [-0.3, -0.25) is 0 Å². The molecule has 9 rings (SSSR count). The Balaban J connectivity index is 1.18. The van der Waals surface area contributed by atoms with E-state index in [4.69, 9.17) is 4.74 Å². The van der Waals surface area contributed by atoms with Gasteiger partial charge in [-0.15, -0.1) is 0 Å². The summed E-state index contributed by atoms with van der Waals surface area (Å²) < 4.78 is 7.06. The van der Waals surface area contributed by atoms with Crippen LogP contribution in [0.1, 0.15) is 23.0 Å². The van der Waals surface area contributed by atoms with E-state index in [9.17, 15) is 0 Å². The molecule has 45 heavy (non-hydrogen) atoms. The average Bonchev–Trinajstić information content (AvgIpc) is 3.66. The van der Waals surface area contributed by atoms with Gasteiger partial charge in [-0.2, -0.15) is 0 Å². The van der Waals surface area contributed by atoms with Crippen molar-refractivity contribution in [3.05, 3.63) is 192 Å². The van der Waals surface area contributed by atoms with Crippen molar-refractivity contribution in [3.8, 4) is 5.75 Å². The van der Waals surface area contributed by atoms with Crippen LogP contribution in [0.2, 0.25) is 0 Å². The number of benzene rings is 5. The van der Waals surface area contributed by atoms with E-state index in [2.05, 4.69) is 181 Å². The predicted octanol–water partition coefficient (Wildman–Crippen LogP) is 7.47. The molecule has 0 saturated heterocycles. The van der Waals surface area contributed by atoms with Crippen molar-refractivity contribution in [1.29, 1.82) is 0 Å². The van der Waals surface area contributed by atoms with Crippen LogP contribution in [0.5, 0.6) is 5.75 Å². The first-order valence-electron chi connectivity index (χ1n) is 15.9. The van der Waals surface area contributed by atoms with Crippen molar-refractivity contribution in [3.63, 3.8) is 0 Å². The molecule has 2 aliphatic heterocycles. The molecule has 3 heteroatoms. The van der Waals surface area contributed by atoms with Gasteiger partial charge in [-0.1, -0.05) is 152 Å². The summed E-state index contributed by atoms with van der Waals surface area (Å²) in [6.07, 6.45) is 16.0. The lowest BCUT2D eigenvalue weighted by Crippen LogP contribution is -2.70. The molecule has 0 amide bonds. The van der Waals surface area contributed by atoms with Crippen molar-refractivity contribution in [1.82, 2.24) is 0 Å². The lowest BCUT2D eigenvalue weighted by atomic mass is 9.90. The lowest BCUT2D eigenvalue weighted by Gasteiger charge is -2.40. The largest absolute Gasteiger partial charge is 0.485 e. The highest BCUT2D eigenvalue weighted by atomic mass is 28.3. The van der Waals surface area contributed by atoms with Crippen molar-refractivity contribution < 1.29 is 4.74 Å². The Bertz CT molecular complexity index is 1910. The molecule has 0 radical (unpaired) electrons. The van der Waals surface area contributed by atoms with Crippen molar-refractivity contribution in [2.45, 2.75) is 24.0 Å². The molecule has 4 atom stereocenters. The van der Waals surface area contributed by atoms with Gasteiger partial charge in [0.25, 0.3) is 0 Å². The molecule has 0 bridgehead atoms. The molecule has 0 spiro atoms. The molecule has 2 heterocycles.